The third-order valence-electron chi connectivity index (χ3n) is 4.66. The van der Waals surface area contributed by atoms with Crippen LogP contribution >= 0.6 is 11.6 Å². The first-order valence-electron chi connectivity index (χ1n) is 8.55. The fraction of sp³-hybridized carbons (Fsp3) is 0.0952. The number of para-hydroxylation sites is 1. The average Bonchev–Trinajstić information content (AvgIpc) is 2.66. The van der Waals surface area contributed by atoms with E-state index in [1.165, 1.54) is 24.3 Å². The number of halogens is 1. The van der Waals surface area contributed by atoms with Gasteiger partial charge < -0.3 is 19.0 Å². The van der Waals surface area contributed by atoms with E-state index in [1.807, 2.05) is 0 Å². The van der Waals surface area contributed by atoms with Gasteiger partial charge in [0.05, 0.1) is 17.4 Å². The fourth-order valence-electron chi connectivity index (χ4n) is 3.44. The van der Waals surface area contributed by atoms with Crippen LogP contribution in [0.1, 0.15) is 23.5 Å². The first-order chi connectivity index (χ1) is 13.8. The molecule has 0 aliphatic rings. The molecule has 29 heavy (non-hydrogen) atoms. The lowest BCUT2D eigenvalue weighted by Crippen LogP contribution is -2.18. The zero-order valence-electron chi connectivity index (χ0n) is 14.7. The van der Waals surface area contributed by atoms with E-state index in [4.69, 9.17) is 20.4 Å². The highest BCUT2D eigenvalue weighted by molar-refractivity contribution is 6.31. The van der Waals surface area contributed by atoms with Crippen molar-refractivity contribution in [2.24, 2.45) is 0 Å². The molecule has 0 spiro atoms. The monoisotopic (exact) mass is 412 g/mol. The third-order valence-corrected chi connectivity index (χ3v) is 4.89. The molecular formula is C21H13ClO7. The lowest BCUT2D eigenvalue weighted by Gasteiger charge is -2.18. The molecule has 0 amide bonds. The molecule has 1 unspecified atom stereocenters. The number of rotatable bonds is 4. The van der Waals surface area contributed by atoms with Crippen LogP contribution in [0.25, 0.3) is 21.9 Å². The van der Waals surface area contributed by atoms with Crippen LogP contribution in [-0.4, -0.2) is 16.2 Å². The second-order valence-corrected chi connectivity index (χ2v) is 6.90. The minimum Gasteiger partial charge on any atom is -0.507 e. The van der Waals surface area contributed by atoms with Crippen LogP contribution in [0.15, 0.2) is 67.0 Å². The summed E-state index contributed by atoms with van der Waals surface area (Å²) in [6, 6.07) is 11.9. The maximum Gasteiger partial charge on any atom is 0.343 e. The van der Waals surface area contributed by atoms with E-state index in [2.05, 4.69) is 0 Å². The smallest absolute Gasteiger partial charge is 0.343 e. The van der Waals surface area contributed by atoms with Crippen LogP contribution in [0, 0.1) is 0 Å². The largest absolute Gasteiger partial charge is 0.507 e. The predicted molar refractivity (Wildman–Crippen MR) is 106 cm³/mol. The van der Waals surface area contributed by atoms with Crippen molar-refractivity contribution in [3.05, 3.63) is 85.5 Å². The Labute approximate surface area is 167 Å². The first-order valence-corrected chi connectivity index (χ1v) is 8.92. The molecule has 8 heteroatoms. The van der Waals surface area contributed by atoms with Gasteiger partial charge in [-0.1, -0.05) is 23.7 Å². The molecule has 7 nitrogen and oxygen atoms in total. The zero-order valence-corrected chi connectivity index (χ0v) is 15.5. The highest BCUT2D eigenvalue weighted by atomic mass is 35.5. The van der Waals surface area contributed by atoms with E-state index in [0.717, 1.165) is 6.07 Å². The van der Waals surface area contributed by atoms with Gasteiger partial charge in [-0.05, 0) is 35.9 Å². The van der Waals surface area contributed by atoms with E-state index in [9.17, 15) is 24.6 Å². The summed E-state index contributed by atoms with van der Waals surface area (Å²) in [6.07, 6.45) is -0.568. The Morgan fingerprint density at radius 3 is 2.48 bits per heavy atom. The molecule has 0 fully saturated rings. The summed E-state index contributed by atoms with van der Waals surface area (Å²) in [5, 5.41) is 21.2. The lowest BCUT2D eigenvalue weighted by atomic mass is 9.86. The number of carboxylic acid groups (broad SMARTS) is 1. The second kappa shape index (κ2) is 7.10. The molecule has 0 saturated heterocycles. The summed E-state index contributed by atoms with van der Waals surface area (Å²) in [7, 11) is 0. The van der Waals surface area contributed by atoms with Gasteiger partial charge in [0, 0.05) is 22.4 Å². The topological polar surface area (TPSA) is 118 Å². The van der Waals surface area contributed by atoms with E-state index in [1.54, 1.807) is 18.2 Å². The highest BCUT2D eigenvalue weighted by Crippen LogP contribution is 2.38. The molecule has 0 aliphatic heterocycles. The van der Waals surface area contributed by atoms with Gasteiger partial charge in [0.15, 0.2) is 0 Å². The molecule has 0 saturated carbocycles. The van der Waals surface area contributed by atoms with Crippen LogP contribution in [0.2, 0.25) is 5.02 Å². The number of benzene rings is 2. The third kappa shape index (κ3) is 3.36. The van der Waals surface area contributed by atoms with Crippen LogP contribution < -0.4 is 11.3 Å². The summed E-state index contributed by atoms with van der Waals surface area (Å²) in [5.74, 6) is -2.80. The average molecular weight is 413 g/mol. The molecule has 2 heterocycles. The SMILES string of the molecule is O=C(O)CC(c1c(O)c2ccccc2oc1=O)c1cc(=O)oc2ccc(Cl)cc12. The van der Waals surface area contributed by atoms with Crippen LogP contribution in [0.3, 0.4) is 0 Å². The number of carbonyl (C=O) groups is 1. The van der Waals surface area contributed by atoms with Gasteiger partial charge in [-0.2, -0.15) is 0 Å². The molecule has 1 atom stereocenters. The maximum atomic E-state index is 12.7. The van der Waals surface area contributed by atoms with Gasteiger partial charge in [-0.25, -0.2) is 9.59 Å². The zero-order chi connectivity index (χ0) is 20.7. The Balaban J connectivity index is 2.08. The minimum absolute atomic E-state index is 0.160. The molecule has 4 aromatic rings. The van der Waals surface area contributed by atoms with Crippen LogP contribution in [-0.2, 0) is 4.79 Å². The van der Waals surface area contributed by atoms with Gasteiger partial charge in [-0.15, -0.1) is 0 Å². The quantitative estimate of drug-likeness (QED) is 0.488. The Bertz CT molecular complexity index is 1380. The number of hydrogen-bond acceptors (Lipinski definition) is 6. The molecule has 0 radical (unpaired) electrons. The van der Waals surface area contributed by atoms with Crippen molar-refractivity contribution < 1.29 is 23.8 Å². The summed E-state index contributed by atoms with van der Waals surface area (Å²) in [4.78, 5) is 36.4. The van der Waals surface area contributed by atoms with Gasteiger partial charge >= 0.3 is 17.2 Å². The molecule has 0 aliphatic carbocycles. The van der Waals surface area contributed by atoms with Crippen molar-refractivity contribution in [2.75, 3.05) is 0 Å². The van der Waals surface area contributed by atoms with E-state index in [-0.39, 0.29) is 27.7 Å². The van der Waals surface area contributed by atoms with E-state index in [0.29, 0.717) is 10.4 Å². The molecule has 4 rings (SSSR count). The van der Waals surface area contributed by atoms with Crippen LogP contribution in [0.5, 0.6) is 5.75 Å². The highest BCUT2D eigenvalue weighted by Gasteiger charge is 2.29. The molecular weight excluding hydrogens is 400 g/mol. The van der Waals surface area contributed by atoms with Gasteiger partial charge in [-0.3, -0.25) is 4.79 Å². The normalized spacial score (nSPS) is 12.3. The number of carboxylic acids is 1. The first kappa shape index (κ1) is 18.8. The maximum absolute atomic E-state index is 12.7. The van der Waals surface area contributed by atoms with E-state index < -0.39 is 35.3 Å². The summed E-state index contributed by atoms with van der Waals surface area (Å²) in [6.45, 7) is 0. The summed E-state index contributed by atoms with van der Waals surface area (Å²) >= 11 is 6.06. The Morgan fingerprint density at radius 1 is 1.00 bits per heavy atom. The number of aromatic hydroxyl groups is 1. The summed E-state index contributed by atoms with van der Waals surface area (Å²) in [5.41, 5.74) is -1.34. The molecule has 146 valence electrons. The molecule has 2 aromatic carbocycles. The standard InChI is InChI=1S/C21H13ClO7/c22-10-5-6-16-13(7-10)12(9-18(25)28-16)14(8-17(23)24)19-20(26)11-3-1-2-4-15(11)29-21(19)27/h1-7,9,14,26H,8H2,(H,23,24). The molecule has 2 aromatic heterocycles. The van der Waals surface area contributed by atoms with Crippen molar-refractivity contribution in [2.45, 2.75) is 12.3 Å². The second-order valence-electron chi connectivity index (χ2n) is 6.46. The molecule has 2 N–H and O–H groups in total. The van der Waals surface area contributed by atoms with E-state index >= 15 is 0 Å². The van der Waals surface area contributed by atoms with Gasteiger partial charge in [0.2, 0.25) is 0 Å². The Morgan fingerprint density at radius 2 is 1.72 bits per heavy atom. The lowest BCUT2D eigenvalue weighted by molar-refractivity contribution is -0.137. The van der Waals surface area contributed by atoms with Crippen LogP contribution in [0.4, 0.5) is 0 Å². The minimum atomic E-state index is -1.23. The Hall–Kier alpha value is -3.58. The number of fused-ring (bicyclic) bond motifs is 2. The van der Waals surface area contributed by atoms with Crippen molar-refractivity contribution in [1.82, 2.24) is 0 Å². The van der Waals surface area contributed by atoms with Gasteiger partial charge in [0.1, 0.15) is 16.9 Å². The summed E-state index contributed by atoms with van der Waals surface area (Å²) < 4.78 is 10.4. The van der Waals surface area contributed by atoms with Crippen molar-refractivity contribution in [3.8, 4) is 5.75 Å². The predicted octanol–water partition coefficient (Wildman–Crippen LogP) is 3.87. The van der Waals surface area contributed by atoms with Crippen molar-refractivity contribution in [1.29, 1.82) is 0 Å². The van der Waals surface area contributed by atoms with Crippen molar-refractivity contribution >= 4 is 39.5 Å². The fourth-order valence-corrected chi connectivity index (χ4v) is 3.62. The van der Waals surface area contributed by atoms with Crippen molar-refractivity contribution in [3.63, 3.8) is 0 Å². The van der Waals surface area contributed by atoms with Gasteiger partial charge in [0.25, 0.3) is 0 Å². The number of hydrogen-bond donors (Lipinski definition) is 2. The number of aliphatic carboxylic acids is 1. The molecule has 0 bridgehead atoms. The Kier molecular flexibility index (Phi) is 4.60.